The second-order valence-corrected chi connectivity index (χ2v) is 8.27. The predicted octanol–water partition coefficient (Wildman–Crippen LogP) is 5.46. The molecule has 2 aromatic carbocycles. The van der Waals surface area contributed by atoms with Gasteiger partial charge in [0, 0.05) is 53.2 Å². The summed E-state index contributed by atoms with van der Waals surface area (Å²) in [5, 5.41) is 0.748. The van der Waals surface area contributed by atoms with Crippen LogP contribution in [0.1, 0.15) is 37.5 Å². The molecule has 7 nitrogen and oxygen atoms in total. The zero-order chi connectivity index (χ0) is 24.5. The van der Waals surface area contributed by atoms with Gasteiger partial charge < -0.3 is 14.5 Å². The third-order valence-corrected chi connectivity index (χ3v) is 6.09. The number of carbonyl (C=O) groups excluding carboxylic acids is 2. The first-order valence-corrected chi connectivity index (χ1v) is 11.4. The summed E-state index contributed by atoms with van der Waals surface area (Å²) in [5.74, 6) is -0.184. The molecule has 3 aromatic heterocycles. The Morgan fingerprint density at radius 2 is 1.33 bits per heavy atom. The number of hydrogen-bond acceptors (Lipinski definition) is 6. The quantitative estimate of drug-likeness (QED) is 0.341. The van der Waals surface area contributed by atoms with Crippen molar-refractivity contribution in [3.63, 3.8) is 0 Å². The number of aromatic amines is 1. The third-order valence-electron chi connectivity index (χ3n) is 6.09. The number of aromatic nitrogens is 3. The Bertz CT molecular complexity index is 1640. The van der Waals surface area contributed by atoms with Crippen molar-refractivity contribution in [2.45, 2.75) is 6.42 Å². The Morgan fingerprint density at radius 1 is 0.722 bits per heavy atom. The number of carbonyl (C=O) groups is 2. The molecule has 36 heavy (non-hydrogen) atoms. The van der Waals surface area contributed by atoms with E-state index in [1.807, 2.05) is 48.5 Å². The van der Waals surface area contributed by atoms with Gasteiger partial charge in [-0.15, -0.1) is 0 Å². The average Bonchev–Trinajstić information content (AvgIpc) is 3.48. The number of allylic oxidation sites excluding steroid dienone is 1. The van der Waals surface area contributed by atoms with Gasteiger partial charge in [0.15, 0.2) is 5.75 Å². The van der Waals surface area contributed by atoms with Crippen LogP contribution in [0.2, 0.25) is 0 Å². The number of esters is 2. The van der Waals surface area contributed by atoms with Crippen molar-refractivity contribution < 1.29 is 19.1 Å². The second kappa shape index (κ2) is 8.96. The number of ether oxygens (including phenoxy) is 2. The lowest BCUT2D eigenvalue weighted by atomic mass is 10.1. The molecule has 5 aromatic rings. The summed E-state index contributed by atoms with van der Waals surface area (Å²) >= 11 is 0. The topological polar surface area (TPSA) is 94.2 Å². The zero-order valence-corrected chi connectivity index (χ0v) is 19.0. The Morgan fingerprint density at radius 3 is 2.06 bits per heavy atom. The van der Waals surface area contributed by atoms with Crippen LogP contribution in [0.3, 0.4) is 0 Å². The summed E-state index contributed by atoms with van der Waals surface area (Å²) in [6.07, 6.45) is 6.67. The van der Waals surface area contributed by atoms with Crippen molar-refractivity contribution in [1.82, 2.24) is 15.0 Å². The lowest BCUT2D eigenvalue weighted by Gasteiger charge is -2.11. The number of H-pyrrole nitrogens is 1. The van der Waals surface area contributed by atoms with Crippen LogP contribution in [-0.2, 0) is 11.2 Å². The fourth-order valence-corrected chi connectivity index (χ4v) is 4.36. The molecule has 1 N–H and O–H groups in total. The van der Waals surface area contributed by atoms with E-state index in [1.54, 1.807) is 49.1 Å². The minimum absolute atomic E-state index is 0.382. The first-order chi connectivity index (χ1) is 17.7. The fourth-order valence-electron chi connectivity index (χ4n) is 4.36. The van der Waals surface area contributed by atoms with E-state index in [9.17, 15) is 9.59 Å². The normalized spacial score (nSPS) is 12.4. The van der Waals surface area contributed by atoms with Crippen LogP contribution in [0.25, 0.3) is 22.2 Å². The summed E-state index contributed by atoms with van der Waals surface area (Å²) in [7, 11) is 0. The van der Waals surface area contributed by atoms with Crippen molar-refractivity contribution in [3.8, 4) is 5.75 Å². The van der Waals surface area contributed by atoms with E-state index >= 15 is 0 Å². The third kappa shape index (κ3) is 3.82. The number of hydrogen-bond donors (Lipinski definition) is 1. The summed E-state index contributed by atoms with van der Waals surface area (Å²) < 4.78 is 11.9. The highest BCUT2D eigenvalue weighted by Crippen LogP contribution is 2.44. The monoisotopic (exact) mass is 473 g/mol. The van der Waals surface area contributed by atoms with Crippen LogP contribution in [0, 0.1) is 0 Å². The van der Waals surface area contributed by atoms with Crippen molar-refractivity contribution in [3.05, 3.63) is 126 Å². The SMILES string of the molecule is O=C(OC1=C(c2[nH]c3ccccc3c2OC(=O)c2ccncc2)Cc2ccccc21)c1ccncc1. The Hall–Kier alpha value is -5.04. The predicted molar refractivity (Wildman–Crippen MR) is 134 cm³/mol. The molecule has 1 aliphatic rings. The molecule has 3 heterocycles. The average molecular weight is 473 g/mol. The molecule has 0 fully saturated rings. The lowest BCUT2D eigenvalue weighted by molar-refractivity contribution is 0.0690. The van der Waals surface area contributed by atoms with Crippen LogP contribution >= 0.6 is 0 Å². The lowest BCUT2D eigenvalue weighted by Crippen LogP contribution is -2.10. The van der Waals surface area contributed by atoms with Crippen LogP contribution in [0.4, 0.5) is 0 Å². The molecule has 6 rings (SSSR count). The van der Waals surface area contributed by atoms with E-state index < -0.39 is 11.9 Å². The van der Waals surface area contributed by atoms with Gasteiger partial charge in [-0.2, -0.15) is 0 Å². The summed E-state index contributed by atoms with van der Waals surface area (Å²) in [5.41, 5.74) is 4.72. The van der Waals surface area contributed by atoms with Gasteiger partial charge in [-0.25, -0.2) is 9.59 Å². The summed E-state index contributed by atoms with van der Waals surface area (Å²) in [6, 6.07) is 21.7. The fraction of sp³-hybridized carbons (Fsp3) is 0.0345. The van der Waals surface area contributed by atoms with Crippen molar-refractivity contribution in [2.24, 2.45) is 0 Å². The van der Waals surface area contributed by atoms with Crippen LogP contribution in [-0.4, -0.2) is 26.9 Å². The number of benzene rings is 2. The zero-order valence-electron chi connectivity index (χ0n) is 19.0. The second-order valence-electron chi connectivity index (χ2n) is 8.27. The Kier molecular flexibility index (Phi) is 5.35. The molecule has 0 aliphatic heterocycles. The summed E-state index contributed by atoms with van der Waals surface area (Å²) in [4.78, 5) is 37.4. The molecule has 0 bridgehead atoms. The van der Waals surface area contributed by atoms with Gasteiger partial charge in [0.2, 0.25) is 0 Å². The van der Waals surface area contributed by atoms with Crippen LogP contribution in [0.5, 0.6) is 5.75 Å². The molecular formula is C29H19N3O4. The largest absolute Gasteiger partial charge is 0.422 e. The molecular weight excluding hydrogens is 454 g/mol. The van der Waals surface area contributed by atoms with Crippen LogP contribution < -0.4 is 4.74 Å². The minimum Gasteiger partial charge on any atom is -0.422 e. The number of fused-ring (bicyclic) bond motifs is 2. The molecule has 0 saturated heterocycles. The summed E-state index contributed by atoms with van der Waals surface area (Å²) in [6.45, 7) is 0. The van der Waals surface area contributed by atoms with Gasteiger partial charge >= 0.3 is 11.9 Å². The highest BCUT2D eigenvalue weighted by Gasteiger charge is 2.30. The van der Waals surface area contributed by atoms with Gasteiger partial charge in [0.25, 0.3) is 0 Å². The first kappa shape index (κ1) is 21.5. The number of nitrogens with zero attached hydrogens (tertiary/aromatic N) is 2. The van der Waals surface area contributed by atoms with Crippen LogP contribution in [0.15, 0.2) is 97.6 Å². The van der Waals surface area contributed by atoms with E-state index in [0.29, 0.717) is 34.8 Å². The maximum absolute atomic E-state index is 13.0. The number of nitrogens with one attached hydrogen (secondary N) is 1. The van der Waals surface area contributed by atoms with Crippen molar-refractivity contribution >= 4 is 34.2 Å². The molecule has 0 atom stereocenters. The number of rotatable bonds is 5. The van der Waals surface area contributed by atoms with E-state index in [1.165, 1.54) is 0 Å². The molecule has 0 spiro atoms. The highest BCUT2D eigenvalue weighted by atomic mass is 16.5. The molecule has 174 valence electrons. The minimum atomic E-state index is -0.505. The standard InChI is InChI=1S/C29H19N3O4/c33-28(18-9-13-30-14-10-18)35-26-21-6-2-1-5-20(21)17-23(26)25-27(22-7-3-4-8-24(22)32-25)36-29(34)19-11-15-31-16-12-19/h1-16,32H,17H2. The number of para-hydroxylation sites is 1. The van der Waals surface area contributed by atoms with E-state index in [2.05, 4.69) is 15.0 Å². The van der Waals surface area contributed by atoms with E-state index in [0.717, 1.165) is 27.6 Å². The number of pyridine rings is 2. The molecule has 0 saturated carbocycles. The van der Waals surface area contributed by atoms with Gasteiger partial charge in [0.05, 0.1) is 16.8 Å². The Labute approximate surface area is 206 Å². The van der Waals surface area contributed by atoms with Gasteiger partial charge in [0.1, 0.15) is 5.76 Å². The highest BCUT2D eigenvalue weighted by molar-refractivity contribution is 6.05. The van der Waals surface area contributed by atoms with E-state index in [4.69, 9.17) is 9.47 Å². The maximum Gasteiger partial charge on any atom is 0.343 e. The molecule has 1 aliphatic carbocycles. The van der Waals surface area contributed by atoms with Gasteiger partial charge in [-0.05, 0) is 42.0 Å². The molecule has 0 unspecified atom stereocenters. The van der Waals surface area contributed by atoms with Crippen molar-refractivity contribution in [1.29, 1.82) is 0 Å². The maximum atomic E-state index is 13.0. The molecule has 7 heteroatoms. The molecule has 0 amide bonds. The van der Waals surface area contributed by atoms with Gasteiger partial charge in [-0.1, -0.05) is 36.4 Å². The van der Waals surface area contributed by atoms with E-state index in [-0.39, 0.29) is 0 Å². The first-order valence-electron chi connectivity index (χ1n) is 11.4. The van der Waals surface area contributed by atoms with Crippen molar-refractivity contribution in [2.75, 3.05) is 0 Å². The Balaban J connectivity index is 1.49. The smallest absolute Gasteiger partial charge is 0.343 e. The van der Waals surface area contributed by atoms with Gasteiger partial charge in [-0.3, -0.25) is 9.97 Å². The molecule has 0 radical (unpaired) electrons.